The Morgan fingerprint density at radius 1 is 1.39 bits per heavy atom. The summed E-state index contributed by atoms with van der Waals surface area (Å²) < 4.78 is 10.8. The topological polar surface area (TPSA) is 72.9 Å². The second-order valence-corrected chi connectivity index (χ2v) is 6.09. The Kier molecular flexibility index (Phi) is 3.62. The van der Waals surface area contributed by atoms with Crippen molar-refractivity contribution in [3.8, 4) is 5.75 Å². The maximum Gasteiger partial charge on any atom is 0.375 e. The molecule has 0 saturated carbocycles. The first kappa shape index (κ1) is 15.5. The van der Waals surface area contributed by atoms with E-state index in [1.165, 1.54) is 4.90 Å². The van der Waals surface area contributed by atoms with E-state index < -0.39 is 29.3 Å². The van der Waals surface area contributed by atoms with Crippen LogP contribution in [0.15, 0.2) is 24.3 Å². The molecule has 122 valence electrons. The molecule has 0 N–H and O–H groups in total. The van der Waals surface area contributed by atoms with Gasteiger partial charge in [-0.15, -0.1) is 0 Å². The third-order valence-electron chi connectivity index (χ3n) is 4.71. The molecule has 3 atom stereocenters. The Labute approximate surface area is 134 Å². The number of carbonyl (C=O) groups excluding carboxylic acids is 3. The lowest BCUT2D eigenvalue weighted by atomic mass is 9.72. The number of amides is 1. The molecule has 0 aromatic heterocycles. The Morgan fingerprint density at radius 2 is 2.09 bits per heavy atom. The van der Waals surface area contributed by atoms with Crippen LogP contribution in [0.4, 0.5) is 0 Å². The zero-order chi connectivity index (χ0) is 16.8. The van der Waals surface area contributed by atoms with Crippen LogP contribution in [0.1, 0.15) is 31.7 Å². The molecule has 6 heteroatoms. The Balaban J connectivity index is 2.06. The van der Waals surface area contributed by atoms with Gasteiger partial charge in [0, 0.05) is 19.4 Å². The molecule has 1 fully saturated rings. The van der Waals surface area contributed by atoms with Crippen molar-refractivity contribution in [2.45, 2.75) is 31.9 Å². The van der Waals surface area contributed by atoms with Gasteiger partial charge in [0.25, 0.3) is 5.78 Å². The normalized spacial score (nSPS) is 28.7. The van der Waals surface area contributed by atoms with Gasteiger partial charge in [0.05, 0.1) is 6.61 Å². The fourth-order valence-corrected chi connectivity index (χ4v) is 3.42. The third-order valence-corrected chi connectivity index (χ3v) is 4.71. The molecule has 1 aromatic carbocycles. The average Bonchev–Trinajstić information content (AvgIpc) is 2.53. The molecular weight excluding hydrogens is 298 g/mol. The number of nitrogens with zero attached hydrogens (tertiary/aromatic N) is 1. The van der Waals surface area contributed by atoms with E-state index in [-0.39, 0.29) is 12.5 Å². The van der Waals surface area contributed by atoms with Crippen LogP contribution in [0.2, 0.25) is 0 Å². The summed E-state index contributed by atoms with van der Waals surface area (Å²) in [6, 6.07) is 7.33. The lowest BCUT2D eigenvalue weighted by Gasteiger charge is -2.51. The maximum atomic E-state index is 12.7. The molecule has 1 aromatic rings. The van der Waals surface area contributed by atoms with Crippen molar-refractivity contribution in [1.82, 2.24) is 4.90 Å². The molecule has 2 aliphatic rings. The third kappa shape index (κ3) is 2.29. The van der Waals surface area contributed by atoms with Crippen LogP contribution in [0.25, 0.3) is 0 Å². The highest BCUT2D eigenvalue weighted by Crippen LogP contribution is 2.49. The first-order chi connectivity index (χ1) is 10.9. The quantitative estimate of drug-likeness (QED) is 0.480. The SMILES string of the molecule is CCOC(=O)C(=O)[C@@H]1C(=O)N(C)[C@@]2(C)C[C@@H]1c1ccccc1O2. The second-order valence-electron chi connectivity index (χ2n) is 6.09. The lowest BCUT2D eigenvalue weighted by Crippen LogP contribution is -2.62. The highest BCUT2D eigenvalue weighted by molar-refractivity contribution is 6.38. The minimum absolute atomic E-state index is 0.101. The van der Waals surface area contributed by atoms with Crippen molar-refractivity contribution in [1.29, 1.82) is 0 Å². The van der Waals surface area contributed by atoms with Gasteiger partial charge in [0.15, 0.2) is 5.72 Å². The summed E-state index contributed by atoms with van der Waals surface area (Å²) in [4.78, 5) is 38.5. The van der Waals surface area contributed by atoms with E-state index in [9.17, 15) is 14.4 Å². The summed E-state index contributed by atoms with van der Waals surface area (Å²) >= 11 is 0. The fourth-order valence-electron chi connectivity index (χ4n) is 3.42. The lowest BCUT2D eigenvalue weighted by molar-refractivity contribution is -0.175. The summed E-state index contributed by atoms with van der Waals surface area (Å²) in [5, 5.41) is 0. The van der Waals surface area contributed by atoms with Gasteiger partial charge in [-0.25, -0.2) is 4.79 Å². The molecule has 0 aliphatic carbocycles. The van der Waals surface area contributed by atoms with Gasteiger partial charge in [-0.2, -0.15) is 0 Å². The molecule has 0 radical (unpaired) electrons. The molecule has 6 nitrogen and oxygen atoms in total. The number of carbonyl (C=O) groups is 3. The maximum absolute atomic E-state index is 12.7. The number of hydrogen-bond donors (Lipinski definition) is 0. The van der Waals surface area contributed by atoms with Crippen LogP contribution >= 0.6 is 0 Å². The van der Waals surface area contributed by atoms with Gasteiger partial charge in [0.2, 0.25) is 5.91 Å². The number of ether oxygens (including phenoxy) is 2. The highest BCUT2D eigenvalue weighted by atomic mass is 16.5. The number of benzene rings is 1. The van der Waals surface area contributed by atoms with E-state index >= 15 is 0 Å². The van der Waals surface area contributed by atoms with Gasteiger partial charge in [-0.1, -0.05) is 18.2 Å². The molecule has 0 unspecified atom stereocenters. The summed E-state index contributed by atoms with van der Waals surface area (Å²) in [6.07, 6.45) is 0.460. The van der Waals surface area contributed by atoms with Crippen LogP contribution in [-0.2, 0) is 19.1 Å². The van der Waals surface area contributed by atoms with Crippen LogP contribution in [0.3, 0.4) is 0 Å². The van der Waals surface area contributed by atoms with Gasteiger partial charge in [0.1, 0.15) is 11.7 Å². The smallest absolute Gasteiger partial charge is 0.375 e. The molecule has 2 bridgehead atoms. The van der Waals surface area contributed by atoms with E-state index in [1.54, 1.807) is 14.0 Å². The monoisotopic (exact) mass is 317 g/mol. The summed E-state index contributed by atoms with van der Waals surface area (Å²) in [7, 11) is 1.60. The van der Waals surface area contributed by atoms with Crippen molar-refractivity contribution < 1.29 is 23.9 Å². The molecule has 2 aliphatic heterocycles. The number of piperidine rings is 1. The number of fused-ring (bicyclic) bond motifs is 4. The van der Waals surface area contributed by atoms with E-state index in [4.69, 9.17) is 9.47 Å². The van der Waals surface area contributed by atoms with Crippen molar-refractivity contribution in [3.05, 3.63) is 29.8 Å². The Bertz CT molecular complexity index is 685. The Hall–Kier alpha value is -2.37. The number of esters is 1. The first-order valence-electron chi connectivity index (χ1n) is 7.65. The molecule has 23 heavy (non-hydrogen) atoms. The van der Waals surface area contributed by atoms with Gasteiger partial charge in [-0.3, -0.25) is 9.59 Å². The summed E-state index contributed by atoms with van der Waals surface area (Å²) in [5.41, 5.74) is -0.0317. The Morgan fingerprint density at radius 3 is 2.78 bits per heavy atom. The number of likely N-dealkylation sites (tertiary alicyclic amines) is 1. The standard InChI is InChI=1S/C17H19NO5/c1-4-22-16(21)14(19)13-11-9-17(2,18(3)15(13)20)23-12-8-6-5-7-10(11)12/h5-8,11,13H,4,9H2,1-3H3/t11-,13-,17-/m1/s1. The molecule has 3 rings (SSSR count). The van der Waals surface area contributed by atoms with Crippen LogP contribution < -0.4 is 4.74 Å². The number of ketones is 1. The first-order valence-corrected chi connectivity index (χ1v) is 7.65. The van der Waals surface area contributed by atoms with Crippen LogP contribution in [-0.4, -0.2) is 41.9 Å². The van der Waals surface area contributed by atoms with Gasteiger partial charge in [-0.05, 0) is 25.5 Å². The van der Waals surface area contributed by atoms with E-state index in [0.29, 0.717) is 12.2 Å². The highest BCUT2D eigenvalue weighted by Gasteiger charge is 2.55. The zero-order valence-corrected chi connectivity index (χ0v) is 13.4. The van der Waals surface area contributed by atoms with E-state index in [1.807, 2.05) is 31.2 Å². The average molecular weight is 317 g/mol. The zero-order valence-electron chi connectivity index (χ0n) is 13.4. The van der Waals surface area contributed by atoms with Crippen molar-refractivity contribution in [3.63, 3.8) is 0 Å². The van der Waals surface area contributed by atoms with Crippen LogP contribution in [0.5, 0.6) is 5.75 Å². The molecule has 1 amide bonds. The number of rotatable bonds is 3. The van der Waals surface area contributed by atoms with Crippen molar-refractivity contribution >= 4 is 17.7 Å². The number of Topliss-reactive ketones (excluding diaryl/α,β-unsaturated/α-hetero) is 1. The summed E-state index contributed by atoms with van der Waals surface area (Å²) in [6.45, 7) is 3.54. The van der Waals surface area contributed by atoms with Crippen molar-refractivity contribution in [2.75, 3.05) is 13.7 Å². The molecule has 0 spiro atoms. The van der Waals surface area contributed by atoms with Gasteiger partial charge < -0.3 is 14.4 Å². The minimum Gasteiger partial charge on any atom is -0.468 e. The largest absolute Gasteiger partial charge is 0.468 e. The van der Waals surface area contributed by atoms with Crippen LogP contribution in [0, 0.1) is 5.92 Å². The van der Waals surface area contributed by atoms with E-state index in [0.717, 1.165) is 5.56 Å². The van der Waals surface area contributed by atoms with Crippen molar-refractivity contribution in [2.24, 2.45) is 5.92 Å². The fraction of sp³-hybridized carbons (Fsp3) is 0.471. The molecule has 1 saturated heterocycles. The second kappa shape index (κ2) is 5.37. The number of para-hydroxylation sites is 1. The predicted molar refractivity (Wildman–Crippen MR) is 80.7 cm³/mol. The minimum atomic E-state index is -1.06. The molecule has 2 heterocycles. The number of hydrogen-bond acceptors (Lipinski definition) is 5. The summed E-state index contributed by atoms with van der Waals surface area (Å²) in [5.74, 6) is -2.94. The van der Waals surface area contributed by atoms with Gasteiger partial charge >= 0.3 is 5.97 Å². The predicted octanol–water partition coefficient (Wildman–Crippen LogP) is 1.49. The molecular formula is C17H19NO5. The van der Waals surface area contributed by atoms with E-state index in [2.05, 4.69) is 0 Å².